The molecule has 1 aliphatic rings. The van der Waals surface area contributed by atoms with E-state index in [0.717, 1.165) is 28.2 Å². The van der Waals surface area contributed by atoms with Crippen LogP contribution in [0, 0.1) is 17.2 Å². The number of aromatic amines is 1. The van der Waals surface area contributed by atoms with Crippen molar-refractivity contribution < 1.29 is 0 Å². The second-order valence-electron chi connectivity index (χ2n) is 5.93. The summed E-state index contributed by atoms with van der Waals surface area (Å²) in [7, 11) is 1.94. The van der Waals surface area contributed by atoms with Crippen LogP contribution in [-0.4, -0.2) is 27.0 Å². The fourth-order valence-electron chi connectivity index (χ4n) is 2.67. The summed E-state index contributed by atoms with van der Waals surface area (Å²) in [4.78, 5) is 18.1. The van der Waals surface area contributed by atoms with Crippen LogP contribution in [0.5, 0.6) is 0 Å². The van der Waals surface area contributed by atoms with Crippen LogP contribution in [-0.2, 0) is 0 Å². The van der Waals surface area contributed by atoms with Crippen molar-refractivity contribution >= 4 is 28.1 Å². The fourth-order valence-corrected chi connectivity index (χ4v) is 2.67. The number of hydrogen-bond donors (Lipinski definition) is 1. The number of pyridine rings is 1. The third-order valence-corrected chi connectivity index (χ3v) is 4.21. The number of nitriles is 1. The van der Waals surface area contributed by atoms with E-state index in [9.17, 15) is 5.26 Å². The van der Waals surface area contributed by atoms with E-state index in [1.165, 1.54) is 12.8 Å². The molecular formula is C18H16N6. The van der Waals surface area contributed by atoms with E-state index in [2.05, 4.69) is 26.0 Å². The van der Waals surface area contributed by atoms with Gasteiger partial charge in [-0.05, 0) is 37.0 Å². The zero-order valence-electron chi connectivity index (χ0n) is 13.3. The molecule has 0 spiro atoms. The van der Waals surface area contributed by atoms with Crippen LogP contribution in [0.15, 0.2) is 43.0 Å². The number of anilines is 2. The minimum absolute atomic E-state index is 0.548. The highest BCUT2D eigenvalue weighted by molar-refractivity contribution is 5.89. The first kappa shape index (κ1) is 14.4. The fraction of sp³-hybridized carbons (Fsp3) is 0.222. The number of rotatable bonds is 4. The predicted molar refractivity (Wildman–Crippen MR) is 92.5 cm³/mol. The average molecular weight is 316 g/mol. The average Bonchev–Trinajstić information content (AvgIpc) is 3.32. The maximum Gasteiger partial charge on any atom is 0.145 e. The van der Waals surface area contributed by atoms with Crippen molar-refractivity contribution in [3.8, 4) is 6.07 Å². The molecule has 1 fully saturated rings. The Balaban J connectivity index is 1.65. The molecule has 0 aliphatic heterocycles. The zero-order valence-corrected chi connectivity index (χ0v) is 13.3. The van der Waals surface area contributed by atoms with Crippen LogP contribution >= 0.6 is 0 Å². The lowest BCUT2D eigenvalue weighted by Crippen LogP contribution is -2.12. The summed E-state index contributed by atoms with van der Waals surface area (Å²) in [5.74, 6) is 1.36. The largest absolute Gasteiger partial charge is 0.346 e. The van der Waals surface area contributed by atoms with Crippen LogP contribution in [0.2, 0.25) is 0 Å². The maximum absolute atomic E-state index is 9.32. The lowest BCUT2D eigenvalue weighted by Gasteiger charge is -2.18. The van der Waals surface area contributed by atoms with Gasteiger partial charge in [-0.3, -0.25) is 4.98 Å². The Kier molecular flexibility index (Phi) is 3.47. The van der Waals surface area contributed by atoms with E-state index in [4.69, 9.17) is 0 Å². The van der Waals surface area contributed by atoms with Crippen LogP contribution in [0.3, 0.4) is 0 Å². The van der Waals surface area contributed by atoms with Gasteiger partial charge in [0, 0.05) is 13.2 Å². The van der Waals surface area contributed by atoms with Crippen molar-refractivity contribution in [2.75, 3.05) is 11.9 Å². The Morgan fingerprint density at radius 1 is 1.29 bits per heavy atom. The Labute approximate surface area is 139 Å². The molecule has 4 rings (SSSR count). The molecule has 24 heavy (non-hydrogen) atoms. The molecule has 1 saturated carbocycles. The van der Waals surface area contributed by atoms with Crippen molar-refractivity contribution in [2.24, 2.45) is 5.92 Å². The van der Waals surface area contributed by atoms with Crippen LogP contribution in [0.4, 0.5) is 11.5 Å². The first-order valence-corrected chi connectivity index (χ1v) is 7.86. The molecule has 0 saturated heterocycles. The number of allylic oxidation sites excluding steroid dienone is 2. The van der Waals surface area contributed by atoms with Gasteiger partial charge in [-0.1, -0.05) is 6.08 Å². The molecule has 1 aliphatic carbocycles. The van der Waals surface area contributed by atoms with Gasteiger partial charge in [0.2, 0.25) is 0 Å². The molecule has 6 heteroatoms. The lowest BCUT2D eigenvalue weighted by molar-refractivity contribution is 1.09. The van der Waals surface area contributed by atoms with Crippen molar-refractivity contribution in [1.82, 2.24) is 19.9 Å². The monoisotopic (exact) mass is 316 g/mol. The maximum atomic E-state index is 9.32. The molecule has 6 nitrogen and oxygen atoms in total. The van der Waals surface area contributed by atoms with E-state index in [-0.39, 0.29) is 0 Å². The molecule has 0 aromatic carbocycles. The molecule has 0 bridgehead atoms. The molecule has 118 valence electrons. The van der Waals surface area contributed by atoms with E-state index >= 15 is 0 Å². The molecular weight excluding hydrogens is 300 g/mol. The number of aromatic nitrogens is 4. The van der Waals surface area contributed by atoms with Gasteiger partial charge in [0.25, 0.3) is 0 Å². The first-order valence-electron chi connectivity index (χ1n) is 7.86. The molecule has 3 aromatic rings. The highest BCUT2D eigenvalue weighted by atomic mass is 15.2. The lowest BCUT2D eigenvalue weighted by atomic mass is 10.1. The molecule has 3 heterocycles. The van der Waals surface area contributed by atoms with Crippen molar-refractivity contribution in [3.05, 3.63) is 48.7 Å². The van der Waals surface area contributed by atoms with Crippen molar-refractivity contribution in [2.45, 2.75) is 12.8 Å². The molecule has 3 aromatic heterocycles. The third-order valence-electron chi connectivity index (χ3n) is 4.21. The third kappa shape index (κ3) is 2.61. The quantitative estimate of drug-likeness (QED) is 0.746. The van der Waals surface area contributed by atoms with Gasteiger partial charge < -0.3 is 9.88 Å². The summed E-state index contributed by atoms with van der Waals surface area (Å²) in [5, 5.41) is 10.3. The molecule has 0 unspecified atom stereocenters. The summed E-state index contributed by atoms with van der Waals surface area (Å²) < 4.78 is 0. The number of hydrogen-bond acceptors (Lipinski definition) is 5. The number of nitrogens with one attached hydrogen (secondary N) is 1. The van der Waals surface area contributed by atoms with Gasteiger partial charge in [-0.25, -0.2) is 9.97 Å². The van der Waals surface area contributed by atoms with Gasteiger partial charge in [0.05, 0.1) is 28.5 Å². The SMILES string of the molecule is CN(c1ccc(C(C#N)=CC2CC2)nc1)c1ncnc2[nH]ccc12. The van der Waals surface area contributed by atoms with Gasteiger partial charge in [0.1, 0.15) is 23.9 Å². The summed E-state index contributed by atoms with van der Waals surface area (Å²) in [6.07, 6.45) is 9.53. The van der Waals surface area contributed by atoms with Crippen LogP contribution < -0.4 is 4.90 Å². The molecule has 0 radical (unpaired) electrons. The standard InChI is InChI=1S/C18H16N6/c1-24(18-15-6-7-20-17(15)22-11-23-18)14-4-5-16(21-10-14)13(9-19)8-12-2-3-12/h4-8,10-12H,2-3H2,1H3,(H,20,22,23). The van der Waals surface area contributed by atoms with Gasteiger partial charge in [-0.2, -0.15) is 5.26 Å². The van der Waals surface area contributed by atoms with Crippen molar-refractivity contribution in [3.63, 3.8) is 0 Å². The van der Waals surface area contributed by atoms with E-state index in [0.29, 0.717) is 11.5 Å². The second-order valence-corrected chi connectivity index (χ2v) is 5.93. The molecule has 0 amide bonds. The Hall–Kier alpha value is -3.20. The highest BCUT2D eigenvalue weighted by Gasteiger charge is 2.20. The Bertz CT molecular complexity index is 944. The minimum atomic E-state index is 0.548. The zero-order chi connectivity index (χ0) is 16.5. The summed E-state index contributed by atoms with van der Waals surface area (Å²) in [5.41, 5.74) is 3.08. The first-order chi connectivity index (χ1) is 11.8. The van der Waals surface area contributed by atoms with E-state index < -0.39 is 0 Å². The summed E-state index contributed by atoms with van der Waals surface area (Å²) in [6, 6.07) is 8.05. The highest BCUT2D eigenvalue weighted by Crippen LogP contribution is 2.33. The summed E-state index contributed by atoms with van der Waals surface area (Å²) >= 11 is 0. The number of nitrogens with zero attached hydrogens (tertiary/aromatic N) is 5. The van der Waals surface area contributed by atoms with E-state index in [1.807, 2.05) is 42.4 Å². The summed E-state index contributed by atoms with van der Waals surface area (Å²) in [6.45, 7) is 0. The van der Waals surface area contributed by atoms with E-state index in [1.54, 1.807) is 12.5 Å². The Morgan fingerprint density at radius 3 is 2.88 bits per heavy atom. The van der Waals surface area contributed by atoms with Crippen LogP contribution in [0.1, 0.15) is 18.5 Å². The van der Waals surface area contributed by atoms with Gasteiger partial charge in [-0.15, -0.1) is 0 Å². The molecule has 0 atom stereocenters. The number of fused-ring (bicyclic) bond motifs is 1. The van der Waals surface area contributed by atoms with Crippen molar-refractivity contribution in [1.29, 1.82) is 5.26 Å². The van der Waals surface area contributed by atoms with Gasteiger partial charge in [0.15, 0.2) is 0 Å². The minimum Gasteiger partial charge on any atom is -0.346 e. The topological polar surface area (TPSA) is 81.5 Å². The molecule has 1 N–H and O–H groups in total. The normalized spacial score (nSPS) is 14.6. The Morgan fingerprint density at radius 2 is 2.17 bits per heavy atom. The van der Waals surface area contributed by atoms with Gasteiger partial charge >= 0.3 is 0 Å². The second kappa shape index (κ2) is 5.78. The smallest absolute Gasteiger partial charge is 0.145 e. The van der Waals surface area contributed by atoms with Crippen LogP contribution in [0.25, 0.3) is 16.6 Å². The predicted octanol–water partition coefficient (Wildman–Crippen LogP) is 3.44. The number of H-pyrrole nitrogens is 1.